The van der Waals surface area contributed by atoms with Crippen LogP contribution in [0.5, 0.6) is 0 Å². The number of nitrogens with zero attached hydrogens (tertiary/aromatic N) is 2. The molecule has 3 unspecified atom stereocenters. The summed E-state index contributed by atoms with van der Waals surface area (Å²) < 4.78 is 0. The zero-order chi connectivity index (χ0) is 18.8. The Balaban J connectivity index is 1.73. The molecule has 1 aliphatic rings. The van der Waals surface area contributed by atoms with Gasteiger partial charge in [0, 0.05) is 38.1 Å². The van der Waals surface area contributed by atoms with Crippen molar-refractivity contribution in [3.05, 3.63) is 35.9 Å². The van der Waals surface area contributed by atoms with Crippen LogP contribution in [-0.4, -0.2) is 54.8 Å². The van der Waals surface area contributed by atoms with Crippen LogP contribution in [0.3, 0.4) is 0 Å². The minimum Gasteiger partial charge on any atom is -0.393 e. The molecule has 5 nitrogen and oxygen atoms in total. The molecule has 1 aromatic carbocycles. The van der Waals surface area contributed by atoms with Gasteiger partial charge in [-0.1, -0.05) is 36.8 Å². The molecule has 3 atom stereocenters. The fourth-order valence-corrected chi connectivity index (χ4v) is 3.43. The topological polar surface area (TPSA) is 59.9 Å². The summed E-state index contributed by atoms with van der Waals surface area (Å²) in [4.78, 5) is 7.06. The SMILES string of the molecule is CCNC(=NCC1CCCC1O)NCCC(C)N(C)Cc1ccccc1. The lowest BCUT2D eigenvalue weighted by Crippen LogP contribution is -2.40. The maximum Gasteiger partial charge on any atom is 0.191 e. The van der Waals surface area contributed by atoms with Gasteiger partial charge in [0.25, 0.3) is 0 Å². The van der Waals surface area contributed by atoms with Gasteiger partial charge in [-0.15, -0.1) is 0 Å². The number of aliphatic hydroxyl groups excluding tert-OH is 1. The van der Waals surface area contributed by atoms with Crippen LogP contribution >= 0.6 is 0 Å². The van der Waals surface area contributed by atoms with Crippen molar-refractivity contribution in [1.82, 2.24) is 15.5 Å². The number of hydrogen-bond acceptors (Lipinski definition) is 3. The third-order valence-electron chi connectivity index (χ3n) is 5.33. The first-order chi connectivity index (χ1) is 12.6. The lowest BCUT2D eigenvalue weighted by molar-refractivity contribution is 0.136. The van der Waals surface area contributed by atoms with Crippen LogP contribution in [0.4, 0.5) is 0 Å². The average Bonchev–Trinajstić information content (AvgIpc) is 3.05. The zero-order valence-electron chi connectivity index (χ0n) is 16.6. The van der Waals surface area contributed by atoms with E-state index in [1.807, 2.05) is 0 Å². The van der Waals surface area contributed by atoms with Crippen molar-refractivity contribution in [3.8, 4) is 0 Å². The first-order valence-electron chi connectivity index (χ1n) is 10.0. The molecule has 0 radical (unpaired) electrons. The highest BCUT2D eigenvalue weighted by atomic mass is 16.3. The fraction of sp³-hybridized carbons (Fsp3) is 0.667. The summed E-state index contributed by atoms with van der Waals surface area (Å²) in [5, 5.41) is 16.7. The predicted molar refractivity (Wildman–Crippen MR) is 109 cm³/mol. The minimum absolute atomic E-state index is 0.173. The van der Waals surface area contributed by atoms with E-state index in [1.165, 1.54) is 5.56 Å². The third-order valence-corrected chi connectivity index (χ3v) is 5.33. The summed E-state index contributed by atoms with van der Waals surface area (Å²) in [6, 6.07) is 11.1. The first-order valence-corrected chi connectivity index (χ1v) is 10.0. The lowest BCUT2D eigenvalue weighted by Gasteiger charge is -2.25. The molecule has 0 heterocycles. The first kappa shape index (κ1) is 20.7. The molecule has 2 rings (SSSR count). The monoisotopic (exact) mass is 360 g/mol. The zero-order valence-corrected chi connectivity index (χ0v) is 16.6. The normalized spacial score (nSPS) is 21.8. The van der Waals surface area contributed by atoms with Crippen molar-refractivity contribution >= 4 is 5.96 Å². The summed E-state index contributed by atoms with van der Waals surface area (Å²) >= 11 is 0. The number of aliphatic hydroxyl groups is 1. The van der Waals surface area contributed by atoms with Gasteiger partial charge >= 0.3 is 0 Å². The van der Waals surface area contributed by atoms with Gasteiger partial charge in [-0.05, 0) is 45.7 Å². The standard InChI is InChI=1S/C21H36N4O/c1-4-22-21(24-15-19-11-8-12-20(19)26)23-14-13-17(2)25(3)16-18-9-6-5-7-10-18/h5-7,9-10,17,19-20,26H,4,8,11-16H2,1-3H3,(H2,22,23,24). The van der Waals surface area contributed by atoms with E-state index in [0.29, 0.717) is 18.5 Å². The second-order valence-corrected chi connectivity index (χ2v) is 7.44. The molecule has 1 aliphatic carbocycles. The molecule has 1 saturated carbocycles. The van der Waals surface area contributed by atoms with Crippen LogP contribution in [0.2, 0.25) is 0 Å². The molecular formula is C21H36N4O. The molecule has 0 aliphatic heterocycles. The molecule has 0 amide bonds. The molecule has 1 fully saturated rings. The highest BCUT2D eigenvalue weighted by Gasteiger charge is 2.24. The van der Waals surface area contributed by atoms with Gasteiger partial charge in [0.15, 0.2) is 5.96 Å². The van der Waals surface area contributed by atoms with Crippen molar-refractivity contribution in [2.24, 2.45) is 10.9 Å². The van der Waals surface area contributed by atoms with Gasteiger partial charge in [0.2, 0.25) is 0 Å². The van der Waals surface area contributed by atoms with E-state index >= 15 is 0 Å². The Morgan fingerprint density at radius 1 is 1.27 bits per heavy atom. The third kappa shape index (κ3) is 6.96. The van der Waals surface area contributed by atoms with Crippen LogP contribution in [0.1, 0.15) is 45.1 Å². The van der Waals surface area contributed by atoms with Crippen LogP contribution in [0, 0.1) is 5.92 Å². The Hall–Kier alpha value is -1.59. The Labute approximate surface area is 158 Å². The van der Waals surface area contributed by atoms with E-state index in [-0.39, 0.29) is 6.10 Å². The van der Waals surface area contributed by atoms with Crippen molar-refractivity contribution in [2.75, 3.05) is 26.7 Å². The average molecular weight is 361 g/mol. The van der Waals surface area contributed by atoms with Crippen molar-refractivity contribution < 1.29 is 5.11 Å². The van der Waals surface area contributed by atoms with Gasteiger partial charge < -0.3 is 15.7 Å². The van der Waals surface area contributed by atoms with E-state index in [0.717, 1.165) is 51.3 Å². The molecule has 0 aromatic heterocycles. The molecule has 5 heteroatoms. The number of aliphatic imine (C=N–C) groups is 1. The maximum atomic E-state index is 9.95. The molecule has 146 valence electrons. The van der Waals surface area contributed by atoms with Crippen LogP contribution in [0.25, 0.3) is 0 Å². The van der Waals surface area contributed by atoms with Crippen molar-refractivity contribution in [1.29, 1.82) is 0 Å². The Morgan fingerprint density at radius 3 is 2.69 bits per heavy atom. The van der Waals surface area contributed by atoms with E-state index in [4.69, 9.17) is 0 Å². The molecule has 0 spiro atoms. The molecular weight excluding hydrogens is 324 g/mol. The number of nitrogens with one attached hydrogen (secondary N) is 2. The van der Waals surface area contributed by atoms with Gasteiger partial charge in [0.05, 0.1) is 6.10 Å². The minimum atomic E-state index is -0.173. The second kappa shape index (κ2) is 11.2. The lowest BCUT2D eigenvalue weighted by atomic mass is 10.1. The summed E-state index contributed by atoms with van der Waals surface area (Å²) in [6.07, 6.45) is 4.02. The quantitative estimate of drug-likeness (QED) is 0.468. The summed E-state index contributed by atoms with van der Waals surface area (Å²) in [5.41, 5.74) is 1.35. The van der Waals surface area contributed by atoms with Gasteiger partial charge in [-0.3, -0.25) is 9.89 Å². The predicted octanol–water partition coefficient (Wildman–Crippen LogP) is 2.61. The number of hydrogen-bond donors (Lipinski definition) is 3. The molecule has 1 aromatic rings. The molecule has 0 saturated heterocycles. The van der Waals surface area contributed by atoms with Crippen molar-refractivity contribution in [3.63, 3.8) is 0 Å². The number of guanidine groups is 1. The molecule has 26 heavy (non-hydrogen) atoms. The number of rotatable bonds is 9. The Bertz CT molecular complexity index is 534. The Kier molecular flexibility index (Phi) is 8.92. The van der Waals surface area contributed by atoms with Gasteiger partial charge in [-0.25, -0.2) is 0 Å². The maximum absolute atomic E-state index is 9.95. The fourth-order valence-electron chi connectivity index (χ4n) is 3.43. The largest absolute Gasteiger partial charge is 0.393 e. The van der Waals surface area contributed by atoms with Crippen molar-refractivity contribution in [2.45, 2.75) is 58.2 Å². The highest BCUT2D eigenvalue weighted by Crippen LogP contribution is 2.25. The summed E-state index contributed by atoms with van der Waals surface area (Å²) in [5.74, 6) is 1.19. The second-order valence-electron chi connectivity index (χ2n) is 7.44. The highest BCUT2D eigenvalue weighted by molar-refractivity contribution is 5.79. The smallest absolute Gasteiger partial charge is 0.191 e. The van der Waals surface area contributed by atoms with E-state index < -0.39 is 0 Å². The van der Waals surface area contributed by atoms with E-state index in [2.05, 4.69) is 71.8 Å². The molecule has 3 N–H and O–H groups in total. The van der Waals surface area contributed by atoms with Crippen LogP contribution in [-0.2, 0) is 6.54 Å². The van der Waals surface area contributed by atoms with Crippen LogP contribution in [0.15, 0.2) is 35.3 Å². The van der Waals surface area contributed by atoms with E-state index in [1.54, 1.807) is 0 Å². The van der Waals surface area contributed by atoms with Gasteiger partial charge in [-0.2, -0.15) is 0 Å². The summed E-state index contributed by atoms with van der Waals surface area (Å²) in [6.45, 7) is 7.76. The molecule has 0 bridgehead atoms. The summed E-state index contributed by atoms with van der Waals surface area (Å²) in [7, 11) is 2.18. The van der Waals surface area contributed by atoms with E-state index in [9.17, 15) is 5.11 Å². The van der Waals surface area contributed by atoms with Gasteiger partial charge in [0.1, 0.15) is 0 Å². The Morgan fingerprint density at radius 2 is 2.04 bits per heavy atom. The van der Waals surface area contributed by atoms with Crippen LogP contribution < -0.4 is 10.6 Å². The number of benzene rings is 1.